The number of carbonyl (C=O) groups is 1. The van der Waals surface area contributed by atoms with Crippen LogP contribution in [0.3, 0.4) is 0 Å². The number of nitrogens with zero attached hydrogens (tertiary/aromatic N) is 2. The van der Waals surface area contributed by atoms with Crippen molar-refractivity contribution < 1.29 is 13.2 Å². The molecule has 1 heterocycles. The first-order chi connectivity index (χ1) is 15.9. The summed E-state index contributed by atoms with van der Waals surface area (Å²) in [6.45, 7) is 1.18. The molecule has 1 aliphatic heterocycles. The Kier molecular flexibility index (Phi) is 6.93. The van der Waals surface area contributed by atoms with E-state index >= 15 is 0 Å². The Morgan fingerprint density at radius 3 is 2.39 bits per heavy atom. The average Bonchev–Trinajstić information content (AvgIpc) is 2.84. The second-order valence-electron chi connectivity index (χ2n) is 8.49. The maximum absolute atomic E-state index is 13.3. The van der Waals surface area contributed by atoms with Gasteiger partial charge in [-0.05, 0) is 55.4 Å². The predicted octanol–water partition coefficient (Wildman–Crippen LogP) is 3.47. The van der Waals surface area contributed by atoms with Crippen molar-refractivity contribution in [1.29, 1.82) is 0 Å². The molecule has 0 aromatic heterocycles. The molecule has 0 saturated heterocycles. The number of carbonyl (C=O) groups excluding carboxylic acids is 1. The third-order valence-corrected chi connectivity index (χ3v) is 7.93. The summed E-state index contributed by atoms with van der Waals surface area (Å²) in [5.74, 6) is -0.293. The highest BCUT2D eigenvalue weighted by Crippen LogP contribution is 2.25. The zero-order chi connectivity index (χ0) is 23.4. The van der Waals surface area contributed by atoms with Gasteiger partial charge in [0.1, 0.15) is 0 Å². The van der Waals surface area contributed by atoms with Crippen LogP contribution in [0.4, 0.5) is 0 Å². The molecule has 0 fully saturated rings. The largest absolute Gasteiger partial charge is 0.350 e. The number of hydrogen-bond acceptors (Lipinski definition) is 4. The number of nitrogens with one attached hydrogen (secondary N) is 1. The molecular weight excluding hydrogens is 434 g/mol. The number of benzene rings is 3. The number of fused-ring (bicyclic) bond motifs is 1. The summed E-state index contributed by atoms with van der Waals surface area (Å²) in [6, 6.07) is 24.2. The van der Waals surface area contributed by atoms with Crippen LogP contribution < -0.4 is 5.32 Å². The number of hydrogen-bond donors (Lipinski definition) is 1. The molecule has 7 heteroatoms. The van der Waals surface area contributed by atoms with Crippen LogP contribution in [0.1, 0.15) is 33.1 Å². The monoisotopic (exact) mass is 463 g/mol. The molecule has 172 valence electrons. The predicted molar refractivity (Wildman–Crippen MR) is 129 cm³/mol. The third kappa shape index (κ3) is 5.16. The summed E-state index contributed by atoms with van der Waals surface area (Å²) in [6.07, 6.45) is 0.682. The molecule has 33 heavy (non-hydrogen) atoms. The molecule has 0 spiro atoms. The van der Waals surface area contributed by atoms with Crippen molar-refractivity contribution in [3.05, 3.63) is 101 Å². The van der Waals surface area contributed by atoms with Gasteiger partial charge in [-0.3, -0.25) is 4.79 Å². The molecule has 4 rings (SSSR count). The third-order valence-electron chi connectivity index (χ3n) is 6.09. The van der Waals surface area contributed by atoms with Gasteiger partial charge in [-0.25, -0.2) is 8.42 Å². The van der Waals surface area contributed by atoms with Crippen LogP contribution in [0.5, 0.6) is 0 Å². The smallest absolute Gasteiger partial charge is 0.251 e. The molecule has 0 radical (unpaired) electrons. The summed E-state index contributed by atoms with van der Waals surface area (Å²) in [5, 5.41) is 2.96. The van der Waals surface area contributed by atoms with Crippen LogP contribution in [-0.2, 0) is 23.0 Å². The highest BCUT2D eigenvalue weighted by atomic mass is 32.2. The molecule has 6 nitrogen and oxygen atoms in total. The van der Waals surface area contributed by atoms with E-state index < -0.39 is 10.0 Å². The summed E-state index contributed by atoms with van der Waals surface area (Å²) < 4.78 is 28.1. The van der Waals surface area contributed by atoms with Crippen LogP contribution in [0.25, 0.3) is 0 Å². The Hall–Kier alpha value is -3.00. The normalized spacial score (nSPS) is 15.1. The van der Waals surface area contributed by atoms with E-state index in [9.17, 15) is 13.2 Å². The minimum atomic E-state index is -3.70. The Labute approximate surface area is 195 Å². The molecule has 1 atom stereocenters. The molecule has 3 aromatic rings. The van der Waals surface area contributed by atoms with Gasteiger partial charge in [0.25, 0.3) is 5.91 Å². The van der Waals surface area contributed by atoms with Crippen LogP contribution in [-0.4, -0.2) is 50.7 Å². The van der Waals surface area contributed by atoms with Crippen molar-refractivity contribution in [3.63, 3.8) is 0 Å². The molecule has 1 N–H and O–H groups in total. The standard InChI is InChI=1S/C26H29N3O3S/c1-28(2)25(21-10-4-3-5-11-21)18-27-26(30)22-13-8-14-24(17-22)33(31,32)29-16-15-20-9-6-7-12-23(20)19-29/h3-14,17,25H,15-16,18-19H2,1-2H3,(H,27,30)/t25-/m0/s1. The zero-order valence-corrected chi connectivity index (χ0v) is 19.8. The van der Waals surface area contributed by atoms with Gasteiger partial charge < -0.3 is 10.2 Å². The minimum absolute atomic E-state index is 0.00971. The first kappa shape index (κ1) is 23.2. The molecule has 1 aliphatic rings. The van der Waals surface area contributed by atoms with Gasteiger partial charge in [-0.2, -0.15) is 4.31 Å². The van der Waals surface area contributed by atoms with Crippen LogP contribution in [0.2, 0.25) is 0 Å². The molecule has 0 aliphatic carbocycles. The van der Waals surface area contributed by atoms with E-state index in [0.717, 1.165) is 11.1 Å². The van der Waals surface area contributed by atoms with Gasteiger partial charge in [0, 0.05) is 25.2 Å². The van der Waals surface area contributed by atoms with Gasteiger partial charge in [0.2, 0.25) is 10.0 Å². The molecule has 0 saturated carbocycles. The van der Waals surface area contributed by atoms with Gasteiger partial charge in [-0.15, -0.1) is 0 Å². The summed E-state index contributed by atoms with van der Waals surface area (Å²) in [7, 11) is 0.229. The Morgan fingerprint density at radius 1 is 0.970 bits per heavy atom. The van der Waals surface area contributed by atoms with Crippen LogP contribution in [0, 0.1) is 0 Å². The Morgan fingerprint density at radius 2 is 1.67 bits per heavy atom. The maximum Gasteiger partial charge on any atom is 0.251 e. The van der Waals surface area contributed by atoms with Crippen molar-refractivity contribution >= 4 is 15.9 Å². The number of sulfonamides is 1. The molecule has 3 aromatic carbocycles. The SMILES string of the molecule is CN(C)[C@@H](CNC(=O)c1cccc(S(=O)(=O)N2CCc3ccccc3C2)c1)c1ccccc1. The lowest BCUT2D eigenvalue weighted by atomic mass is 10.0. The second-order valence-corrected chi connectivity index (χ2v) is 10.4. The second kappa shape index (κ2) is 9.87. The first-order valence-electron chi connectivity index (χ1n) is 11.0. The van der Waals surface area contributed by atoms with E-state index in [1.165, 1.54) is 15.9 Å². The van der Waals surface area contributed by atoms with E-state index in [-0.39, 0.29) is 16.8 Å². The number of rotatable bonds is 7. The van der Waals surface area contributed by atoms with Crippen molar-refractivity contribution in [1.82, 2.24) is 14.5 Å². The van der Waals surface area contributed by atoms with Gasteiger partial charge in [-0.1, -0.05) is 60.7 Å². The molecular formula is C26H29N3O3S. The lowest BCUT2D eigenvalue weighted by molar-refractivity contribution is 0.0941. The summed E-state index contributed by atoms with van der Waals surface area (Å²) >= 11 is 0. The summed E-state index contributed by atoms with van der Waals surface area (Å²) in [4.78, 5) is 15.1. The fourth-order valence-corrected chi connectivity index (χ4v) is 5.65. The van der Waals surface area contributed by atoms with E-state index in [0.29, 0.717) is 31.6 Å². The fourth-order valence-electron chi connectivity index (χ4n) is 4.19. The summed E-state index contributed by atoms with van der Waals surface area (Å²) in [5.41, 5.74) is 3.64. The molecule has 0 bridgehead atoms. The van der Waals surface area contributed by atoms with Crippen LogP contribution in [0.15, 0.2) is 83.8 Å². The van der Waals surface area contributed by atoms with Crippen LogP contribution >= 0.6 is 0 Å². The molecule has 1 amide bonds. The lowest BCUT2D eigenvalue weighted by Crippen LogP contribution is -2.36. The number of amides is 1. The topological polar surface area (TPSA) is 69.7 Å². The molecule has 0 unspecified atom stereocenters. The van der Waals surface area contributed by atoms with E-state index in [1.54, 1.807) is 18.2 Å². The quantitative estimate of drug-likeness (QED) is 0.583. The Balaban J connectivity index is 1.48. The van der Waals surface area contributed by atoms with E-state index in [4.69, 9.17) is 0 Å². The van der Waals surface area contributed by atoms with Crippen molar-refractivity contribution in [2.75, 3.05) is 27.2 Å². The van der Waals surface area contributed by atoms with Gasteiger partial charge >= 0.3 is 0 Å². The van der Waals surface area contributed by atoms with Crippen molar-refractivity contribution in [2.24, 2.45) is 0 Å². The van der Waals surface area contributed by atoms with E-state index in [1.807, 2.05) is 73.6 Å². The zero-order valence-electron chi connectivity index (χ0n) is 18.9. The fraction of sp³-hybridized carbons (Fsp3) is 0.269. The first-order valence-corrected chi connectivity index (χ1v) is 12.5. The Bertz CT molecular complexity index is 1230. The van der Waals surface area contributed by atoms with Crippen molar-refractivity contribution in [2.45, 2.75) is 23.9 Å². The number of likely N-dealkylation sites (N-methyl/N-ethyl adjacent to an activating group) is 1. The lowest BCUT2D eigenvalue weighted by Gasteiger charge is -2.28. The maximum atomic E-state index is 13.3. The highest BCUT2D eigenvalue weighted by Gasteiger charge is 2.28. The van der Waals surface area contributed by atoms with Gasteiger partial charge in [0.05, 0.1) is 10.9 Å². The van der Waals surface area contributed by atoms with E-state index in [2.05, 4.69) is 5.32 Å². The van der Waals surface area contributed by atoms with Gasteiger partial charge in [0.15, 0.2) is 0 Å². The average molecular weight is 464 g/mol. The minimum Gasteiger partial charge on any atom is -0.350 e. The van der Waals surface area contributed by atoms with Crippen molar-refractivity contribution in [3.8, 4) is 0 Å². The highest BCUT2D eigenvalue weighted by molar-refractivity contribution is 7.89.